The van der Waals surface area contributed by atoms with Crippen LogP contribution in [-0.4, -0.2) is 39.8 Å². The summed E-state index contributed by atoms with van der Waals surface area (Å²) in [7, 11) is 0. The third-order valence-corrected chi connectivity index (χ3v) is 3.36. The lowest BCUT2D eigenvalue weighted by Crippen LogP contribution is -2.58. The SMILES string of the molecule is CC1(C)CNCCN1c1nccn2nccc12. The quantitative estimate of drug-likeness (QED) is 0.792. The van der Waals surface area contributed by atoms with Crippen LogP contribution in [0.2, 0.25) is 0 Å². The van der Waals surface area contributed by atoms with Gasteiger partial charge in [-0.15, -0.1) is 0 Å². The van der Waals surface area contributed by atoms with Gasteiger partial charge >= 0.3 is 0 Å². The largest absolute Gasteiger partial charge is 0.347 e. The summed E-state index contributed by atoms with van der Waals surface area (Å²) in [5.41, 5.74) is 1.15. The van der Waals surface area contributed by atoms with Crippen molar-refractivity contribution in [3.8, 4) is 0 Å². The molecule has 1 aliphatic heterocycles. The summed E-state index contributed by atoms with van der Waals surface area (Å²) in [4.78, 5) is 6.90. The van der Waals surface area contributed by atoms with Crippen LogP contribution in [0.5, 0.6) is 0 Å². The van der Waals surface area contributed by atoms with Gasteiger partial charge in [-0.1, -0.05) is 0 Å². The van der Waals surface area contributed by atoms with Crippen LogP contribution in [0.4, 0.5) is 5.82 Å². The molecule has 0 atom stereocenters. The first-order chi connectivity index (χ1) is 8.18. The van der Waals surface area contributed by atoms with Crippen molar-refractivity contribution in [2.24, 2.45) is 0 Å². The third kappa shape index (κ3) is 1.67. The molecule has 0 aliphatic carbocycles. The highest BCUT2D eigenvalue weighted by Gasteiger charge is 2.31. The van der Waals surface area contributed by atoms with Gasteiger partial charge in [-0.2, -0.15) is 5.10 Å². The Morgan fingerprint density at radius 2 is 2.24 bits per heavy atom. The van der Waals surface area contributed by atoms with Crippen molar-refractivity contribution in [2.75, 3.05) is 24.5 Å². The molecule has 3 heterocycles. The molecule has 0 unspecified atom stereocenters. The van der Waals surface area contributed by atoms with Gasteiger partial charge in [-0.05, 0) is 19.9 Å². The molecule has 0 bridgehead atoms. The summed E-state index contributed by atoms with van der Waals surface area (Å²) in [6.07, 6.45) is 5.51. The minimum atomic E-state index is 0.0807. The molecule has 1 saturated heterocycles. The Balaban J connectivity index is 2.11. The summed E-state index contributed by atoms with van der Waals surface area (Å²) in [5, 5.41) is 7.68. The minimum absolute atomic E-state index is 0.0807. The smallest absolute Gasteiger partial charge is 0.155 e. The summed E-state index contributed by atoms with van der Waals surface area (Å²) in [6, 6.07) is 2.01. The van der Waals surface area contributed by atoms with Crippen LogP contribution in [0.3, 0.4) is 0 Å². The standard InChI is InChI=1S/C12H17N5/c1-12(2)9-13-5-7-16(12)11-10-3-4-15-17(10)8-6-14-11/h3-4,6,8,13H,5,7,9H2,1-2H3. The maximum atomic E-state index is 4.54. The predicted octanol–water partition coefficient (Wildman–Crippen LogP) is 0.917. The highest BCUT2D eigenvalue weighted by Crippen LogP contribution is 2.26. The van der Waals surface area contributed by atoms with E-state index in [0.29, 0.717) is 0 Å². The highest BCUT2D eigenvalue weighted by molar-refractivity contribution is 5.69. The van der Waals surface area contributed by atoms with E-state index >= 15 is 0 Å². The van der Waals surface area contributed by atoms with E-state index in [-0.39, 0.29) is 5.54 Å². The average molecular weight is 231 g/mol. The second kappa shape index (κ2) is 3.70. The molecule has 2 aromatic rings. The first-order valence-corrected chi connectivity index (χ1v) is 5.95. The zero-order chi connectivity index (χ0) is 11.9. The Morgan fingerprint density at radius 3 is 3.06 bits per heavy atom. The van der Waals surface area contributed by atoms with Crippen molar-refractivity contribution in [3.63, 3.8) is 0 Å². The first kappa shape index (κ1) is 10.5. The number of rotatable bonds is 1. The topological polar surface area (TPSA) is 45.5 Å². The molecule has 0 amide bonds. The number of hydrogen-bond donors (Lipinski definition) is 1. The second-order valence-corrected chi connectivity index (χ2v) is 5.05. The molecule has 0 aromatic carbocycles. The number of aromatic nitrogens is 3. The number of anilines is 1. The van der Waals surface area contributed by atoms with Gasteiger partial charge in [0, 0.05) is 37.6 Å². The van der Waals surface area contributed by atoms with Crippen LogP contribution in [0.15, 0.2) is 24.7 Å². The van der Waals surface area contributed by atoms with E-state index in [1.165, 1.54) is 0 Å². The third-order valence-electron chi connectivity index (χ3n) is 3.36. The molecule has 0 saturated carbocycles. The van der Waals surface area contributed by atoms with E-state index in [2.05, 4.69) is 34.1 Å². The van der Waals surface area contributed by atoms with Crippen LogP contribution in [0.1, 0.15) is 13.8 Å². The highest BCUT2D eigenvalue weighted by atomic mass is 15.3. The zero-order valence-corrected chi connectivity index (χ0v) is 10.2. The molecular formula is C12H17N5. The van der Waals surface area contributed by atoms with Crippen LogP contribution >= 0.6 is 0 Å². The van der Waals surface area contributed by atoms with Crippen LogP contribution in [0, 0.1) is 0 Å². The normalized spacial score (nSPS) is 19.8. The fraction of sp³-hybridized carbons (Fsp3) is 0.500. The molecule has 0 radical (unpaired) electrons. The predicted molar refractivity (Wildman–Crippen MR) is 67.3 cm³/mol. The van der Waals surface area contributed by atoms with Gasteiger partial charge < -0.3 is 10.2 Å². The maximum Gasteiger partial charge on any atom is 0.155 e. The molecule has 1 N–H and O–H groups in total. The first-order valence-electron chi connectivity index (χ1n) is 5.95. The summed E-state index contributed by atoms with van der Waals surface area (Å²) in [5.74, 6) is 1.02. The number of hydrogen-bond acceptors (Lipinski definition) is 4. The lowest BCUT2D eigenvalue weighted by Gasteiger charge is -2.43. The molecule has 1 aliphatic rings. The fourth-order valence-corrected chi connectivity index (χ4v) is 2.43. The summed E-state index contributed by atoms with van der Waals surface area (Å²) in [6.45, 7) is 7.43. The Kier molecular flexibility index (Phi) is 2.29. The van der Waals surface area contributed by atoms with E-state index in [9.17, 15) is 0 Å². The van der Waals surface area contributed by atoms with Gasteiger partial charge in [0.15, 0.2) is 5.82 Å². The number of piperazine rings is 1. The van der Waals surface area contributed by atoms with Crippen molar-refractivity contribution in [1.82, 2.24) is 19.9 Å². The van der Waals surface area contributed by atoms with Gasteiger partial charge in [0.1, 0.15) is 5.52 Å². The number of nitrogens with zero attached hydrogens (tertiary/aromatic N) is 4. The van der Waals surface area contributed by atoms with Gasteiger partial charge in [-0.25, -0.2) is 9.50 Å². The zero-order valence-electron chi connectivity index (χ0n) is 10.2. The molecule has 1 fully saturated rings. The minimum Gasteiger partial charge on any atom is -0.347 e. The van der Waals surface area contributed by atoms with Gasteiger partial charge in [0.05, 0.1) is 6.20 Å². The summed E-state index contributed by atoms with van der Waals surface area (Å²) < 4.78 is 1.88. The van der Waals surface area contributed by atoms with Gasteiger partial charge in [0.2, 0.25) is 0 Å². The van der Waals surface area contributed by atoms with E-state index in [1.54, 1.807) is 0 Å². The Labute approximate surface area is 100 Å². The molecule has 17 heavy (non-hydrogen) atoms. The second-order valence-electron chi connectivity index (χ2n) is 5.05. The lowest BCUT2D eigenvalue weighted by molar-refractivity contribution is 0.378. The molecule has 0 spiro atoms. The molecule has 90 valence electrons. The molecule has 5 nitrogen and oxygen atoms in total. The van der Waals surface area contributed by atoms with Crippen LogP contribution < -0.4 is 10.2 Å². The molecule has 2 aromatic heterocycles. The van der Waals surface area contributed by atoms with Crippen LogP contribution in [0.25, 0.3) is 5.52 Å². The number of fused-ring (bicyclic) bond motifs is 1. The fourth-order valence-electron chi connectivity index (χ4n) is 2.43. The monoisotopic (exact) mass is 231 g/mol. The Bertz CT molecular complexity index is 530. The molecule has 5 heteroatoms. The average Bonchev–Trinajstić information content (AvgIpc) is 2.76. The van der Waals surface area contributed by atoms with Gasteiger partial charge in [-0.3, -0.25) is 0 Å². The van der Waals surface area contributed by atoms with Crippen molar-refractivity contribution in [3.05, 3.63) is 24.7 Å². The van der Waals surface area contributed by atoms with Crippen LogP contribution in [-0.2, 0) is 0 Å². The van der Waals surface area contributed by atoms with E-state index in [4.69, 9.17) is 0 Å². The molecule has 3 rings (SSSR count). The Hall–Kier alpha value is -1.62. The van der Waals surface area contributed by atoms with Crippen molar-refractivity contribution < 1.29 is 0 Å². The maximum absolute atomic E-state index is 4.54. The number of nitrogens with one attached hydrogen (secondary N) is 1. The van der Waals surface area contributed by atoms with E-state index in [0.717, 1.165) is 31.0 Å². The van der Waals surface area contributed by atoms with Crippen molar-refractivity contribution >= 4 is 11.3 Å². The van der Waals surface area contributed by atoms with Gasteiger partial charge in [0.25, 0.3) is 0 Å². The Morgan fingerprint density at radius 1 is 1.35 bits per heavy atom. The van der Waals surface area contributed by atoms with E-state index in [1.807, 2.05) is 29.2 Å². The van der Waals surface area contributed by atoms with Crippen molar-refractivity contribution in [2.45, 2.75) is 19.4 Å². The lowest BCUT2D eigenvalue weighted by atomic mass is 10.0. The molecular weight excluding hydrogens is 214 g/mol. The summed E-state index contributed by atoms with van der Waals surface area (Å²) >= 11 is 0. The van der Waals surface area contributed by atoms with Crippen molar-refractivity contribution in [1.29, 1.82) is 0 Å². The van der Waals surface area contributed by atoms with E-state index < -0.39 is 0 Å².